The summed E-state index contributed by atoms with van der Waals surface area (Å²) in [5, 5.41) is 4.25. The van der Waals surface area contributed by atoms with Crippen molar-refractivity contribution in [2.45, 2.75) is 26.4 Å². The first-order valence-electron chi connectivity index (χ1n) is 8.55. The zero-order chi connectivity index (χ0) is 19.0. The fourth-order valence-corrected chi connectivity index (χ4v) is 2.97. The lowest BCUT2D eigenvalue weighted by atomic mass is 10.2. The van der Waals surface area contributed by atoms with Gasteiger partial charge in [0.2, 0.25) is 0 Å². The lowest BCUT2D eigenvalue weighted by Gasteiger charge is -2.01. The van der Waals surface area contributed by atoms with Crippen molar-refractivity contribution in [1.82, 2.24) is 29.3 Å². The van der Waals surface area contributed by atoms with E-state index in [1.807, 2.05) is 13.0 Å². The van der Waals surface area contributed by atoms with E-state index in [0.29, 0.717) is 30.9 Å². The molecule has 4 rings (SSSR count). The van der Waals surface area contributed by atoms with Gasteiger partial charge in [0.15, 0.2) is 5.65 Å². The SMILES string of the molecule is CCCn1c(=O)[nH]c2nc(-c3cnn(Cc4cccc(F)c4)c3)[nH]c2c1=O. The van der Waals surface area contributed by atoms with Crippen LogP contribution in [0, 0.1) is 5.82 Å². The highest BCUT2D eigenvalue weighted by atomic mass is 19.1. The van der Waals surface area contributed by atoms with Crippen molar-refractivity contribution < 1.29 is 4.39 Å². The zero-order valence-corrected chi connectivity index (χ0v) is 14.6. The summed E-state index contributed by atoms with van der Waals surface area (Å²) in [5.41, 5.74) is 1.02. The van der Waals surface area contributed by atoms with Crippen LogP contribution < -0.4 is 11.2 Å². The molecule has 0 aliphatic carbocycles. The molecule has 2 N–H and O–H groups in total. The molecule has 0 unspecified atom stereocenters. The van der Waals surface area contributed by atoms with Gasteiger partial charge >= 0.3 is 5.69 Å². The Kier molecular flexibility index (Phi) is 4.19. The Bertz CT molecular complexity index is 1230. The van der Waals surface area contributed by atoms with Crippen molar-refractivity contribution in [3.63, 3.8) is 0 Å². The Labute approximate surface area is 152 Å². The molecule has 0 amide bonds. The summed E-state index contributed by atoms with van der Waals surface area (Å²) in [5.74, 6) is 0.127. The van der Waals surface area contributed by atoms with Gasteiger partial charge in [-0.3, -0.25) is 19.0 Å². The van der Waals surface area contributed by atoms with Gasteiger partial charge < -0.3 is 4.98 Å². The summed E-state index contributed by atoms with van der Waals surface area (Å²) in [7, 11) is 0. The fourth-order valence-electron chi connectivity index (χ4n) is 2.97. The maximum atomic E-state index is 13.3. The van der Waals surface area contributed by atoms with Crippen LogP contribution in [0.3, 0.4) is 0 Å². The summed E-state index contributed by atoms with van der Waals surface area (Å²) in [6, 6.07) is 6.29. The summed E-state index contributed by atoms with van der Waals surface area (Å²) in [6.07, 6.45) is 4.01. The summed E-state index contributed by atoms with van der Waals surface area (Å²) in [4.78, 5) is 34.4. The number of fused-ring (bicyclic) bond motifs is 1. The van der Waals surface area contributed by atoms with Gasteiger partial charge in [-0.05, 0) is 24.1 Å². The minimum atomic E-state index is -0.478. The molecular weight excluding hydrogens is 351 g/mol. The van der Waals surface area contributed by atoms with Gasteiger partial charge in [-0.2, -0.15) is 5.10 Å². The average molecular weight is 368 g/mol. The van der Waals surface area contributed by atoms with Crippen molar-refractivity contribution in [3.05, 3.63) is 68.9 Å². The number of aromatic nitrogens is 6. The van der Waals surface area contributed by atoms with Crippen molar-refractivity contribution in [3.8, 4) is 11.4 Å². The van der Waals surface area contributed by atoms with Crippen molar-refractivity contribution in [1.29, 1.82) is 0 Å². The maximum Gasteiger partial charge on any atom is 0.330 e. The first-order chi connectivity index (χ1) is 13.0. The first-order valence-corrected chi connectivity index (χ1v) is 8.55. The summed E-state index contributed by atoms with van der Waals surface area (Å²) in [6.45, 7) is 2.63. The number of benzene rings is 1. The molecule has 0 bridgehead atoms. The van der Waals surface area contributed by atoms with Crippen LogP contribution in [0.2, 0.25) is 0 Å². The van der Waals surface area contributed by atoms with E-state index in [9.17, 15) is 14.0 Å². The average Bonchev–Trinajstić information content (AvgIpc) is 3.25. The van der Waals surface area contributed by atoms with Gasteiger partial charge in [-0.15, -0.1) is 0 Å². The van der Waals surface area contributed by atoms with Gasteiger partial charge in [0.25, 0.3) is 5.56 Å². The number of hydrogen-bond donors (Lipinski definition) is 2. The molecule has 1 aromatic carbocycles. The lowest BCUT2D eigenvalue weighted by molar-refractivity contribution is 0.619. The van der Waals surface area contributed by atoms with E-state index in [4.69, 9.17) is 0 Å². The van der Waals surface area contributed by atoms with Gasteiger partial charge in [0.05, 0.1) is 18.3 Å². The molecule has 0 saturated carbocycles. The molecule has 0 aliphatic rings. The standard InChI is InChI=1S/C18H17FN6O2/c1-2-6-25-17(26)14-16(23-18(25)27)22-15(21-14)12-8-20-24(10-12)9-11-4-3-5-13(19)7-11/h3-5,7-8,10H,2,6,9H2,1H3,(H,21,22)(H,23,27). The molecule has 0 atom stereocenters. The summed E-state index contributed by atoms with van der Waals surface area (Å²) >= 11 is 0. The molecule has 0 aliphatic heterocycles. The fraction of sp³-hybridized carbons (Fsp3) is 0.222. The Morgan fingerprint density at radius 3 is 2.85 bits per heavy atom. The number of hydrogen-bond acceptors (Lipinski definition) is 4. The number of imidazole rings is 1. The van der Waals surface area contributed by atoms with E-state index in [0.717, 1.165) is 10.1 Å². The number of aromatic amines is 2. The molecule has 3 heterocycles. The highest BCUT2D eigenvalue weighted by molar-refractivity contribution is 5.74. The van der Waals surface area contributed by atoms with E-state index < -0.39 is 11.2 Å². The molecule has 0 saturated heterocycles. The number of nitrogens with zero attached hydrogens (tertiary/aromatic N) is 4. The van der Waals surface area contributed by atoms with Crippen LogP contribution in [0.25, 0.3) is 22.6 Å². The highest BCUT2D eigenvalue weighted by Crippen LogP contribution is 2.17. The van der Waals surface area contributed by atoms with Crippen LogP contribution in [0.4, 0.5) is 4.39 Å². The molecule has 0 radical (unpaired) electrons. The number of nitrogens with one attached hydrogen (secondary N) is 2. The molecule has 27 heavy (non-hydrogen) atoms. The second-order valence-corrected chi connectivity index (χ2v) is 6.25. The van der Waals surface area contributed by atoms with Crippen LogP contribution in [0.1, 0.15) is 18.9 Å². The van der Waals surface area contributed by atoms with Crippen LogP contribution in [0.15, 0.2) is 46.2 Å². The van der Waals surface area contributed by atoms with Crippen molar-refractivity contribution in [2.24, 2.45) is 0 Å². The van der Waals surface area contributed by atoms with Crippen LogP contribution in [-0.2, 0) is 13.1 Å². The molecule has 8 nitrogen and oxygen atoms in total. The normalized spacial score (nSPS) is 11.3. The number of halogens is 1. The number of rotatable bonds is 5. The van der Waals surface area contributed by atoms with Gasteiger partial charge in [0.1, 0.15) is 17.2 Å². The third kappa shape index (κ3) is 3.19. The van der Waals surface area contributed by atoms with Gasteiger partial charge in [-0.1, -0.05) is 19.1 Å². The third-order valence-corrected chi connectivity index (χ3v) is 4.22. The van der Waals surface area contributed by atoms with E-state index in [1.165, 1.54) is 12.1 Å². The quantitative estimate of drug-likeness (QED) is 0.561. The smallest absolute Gasteiger partial charge is 0.330 e. The van der Waals surface area contributed by atoms with E-state index in [-0.39, 0.29) is 17.0 Å². The molecule has 0 fully saturated rings. The first kappa shape index (κ1) is 17.0. The van der Waals surface area contributed by atoms with E-state index >= 15 is 0 Å². The molecule has 0 spiro atoms. The lowest BCUT2D eigenvalue weighted by Crippen LogP contribution is -2.34. The van der Waals surface area contributed by atoms with Crippen LogP contribution in [0.5, 0.6) is 0 Å². The number of H-pyrrole nitrogens is 2. The van der Waals surface area contributed by atoms with Gasteiger partial charge in [0, 0.05) is 12.7 Å². The molecule has 4 aromatic rings. The molecule has 9 heteroatoms. The van der Waals surface area contributed by atoms with E-state index in [2.05, 4.69) is 20.1 Å². The Morgan fingerprint density at radius 1 is 1.22 bits per heavy atom. The summed E-state index contributed by atoms with van der Waals surface area (Å²) < 4.78 is 16.1. The zero-order valence-electron chi connectivity index (χ0n) is 14.6. The van der Waals surface area contributed by atoms with Crippen LogP contribution >= 0.6 is 0 Å². The largest absolute Gasteiger partial charge is 0.332 e. The van der Waals surface area contributed by atoms with Gasteiger partial charge in [-0.25, -0.2) is 14.2 Å². The second kappa shape index (κ2) is 6.67. The van der Waals surface area contributed by atoms with E-state index in [1.54, 1.807) is 23.1 Å². The second-order valence-electron chi connectivity index (χ2n) is 6.25. The molecule has 138 valence electrons. The Hall–Kier alpha value is -3.49. The predicted molar refractivity (Wildman–Crippen MR) is 98.0 cm³/mol. The highest BCUT2D eigenvalue weighted by Gasteiger charge is 2.14. The van der Waals surface area contributed by atoms with Crippen LogP contribution in [-0.4, -0.2) is 29.3 Å². The topological polar surface area (TPSA) is 101 Å². The molecule has 3 aromatic heterocycles. The minimum Gasteiger partial charge on any atom is -0.332 e. The maximum absolute atomic E-state index is 13.3. The van der Waals surface area contributed by atoms with Crippen molar-refractivity contribution >= 4 is 11.2 Å². The Balaban J connectivity index is 1.69. The Morgan fingerprint density at radius 2 is 2.07 bits per heavy atom. The molecular formula is C18H17FN6O2. The minimum absolute atomic E-state index is 0.213. The van der Waals surface area contributed by atoms with Crippen molar-refractivity contribution in [2.75, 3.05) is 0 Å². The predicted octanol–water partition coefficient (Wildman–Crippen LogP) is 1.87. The third-order valence-electron chi connectivity index (χ3n) is 4.22. The monoisotopic (exact) mass is 368 g/mol.